The van der Waals surface area contributed by atoms with Crippen LogP contribution in [-0.2, 0) is 9.47 Å². The summed E-state index contributed by atoms with van der Waals surface area (Å²) < 4.78 is 11.8. The molecular weight excluding hydrogens is 382 g/mol. The van der Waals surface area contributed by atoms with E-state index in [1.807, 2.05) is 0 Å². The molecule has 124 valence electrons. The van der Waals surface area contributed by atoms with Gasteiger partial charge in [-0.15, -0.1) is 31.9 Å². The Kier molecular flexibility index (Phi) is 17.5. The molecule has 0 bridgehead atoms. The standard InChI is InChI=1S/C13H26O2.C3H9P.HI/c1-3-14-13(15-4-2)11-9-7-5-6-8-10-12-13;1-4(2)3;/h3-12H2,1-2H3;1-3H3;1H. The summed E-state index contributed by atoms with van der Waals surface area (Å²) >= 11 is 0. The Labute approximate surface area is 145 Å². The molecule has 20 heavy (non-hydrogen) atoms. The summed E-state index contributed by atoms with van der Waals surface area (Å²) in [5.41, 5.74) is 0. The lowest BCUT2D eigenvalue weighted by Crippen LogP contribution is -2.36. The number of halogens is 1. The van der Waals surface area contributed by atoms with Crippen LogP contribution in [-0.4, -0.2) is 39.0 Å². The van der Waals surface area contributed by atoms with E-state index in [4.69, 9.17) is 9.47 Å². The molecule has 0 aliphatic heterocycles. The minimum Gasteiger partial charge on any atom is -0.350 e. The molecule has 0 atom stereocenters. The van der Waals surface area contributed by atoms with E-state index in [0.29, 0.717) is 7.92 Å². The van der Waals surface area contributed by atoms with Crippen LogP contribution in [0.15, 0.2) is 0 Å². The fraction of sp³-hybridized carbons (Fsp3) is 1.00. The fourth-order valence-corrected chi connectivity index (χ4v) is 2.48. The Morgan fingerprint density at radius 2 is 1.05 bits per heavy atom. The molecule has 2 nitrogen and oxygen atoms in total. The molecule has 0 spiro atoms. The smallest absolute Gasteiger partial charge is 0.168 e. The summed E-state index contributed by atoms with van der Waals surface area (Å²) in [6, 6.07) is 0. The molecule has 1 aliphatic rings. The van der Waals surface area contributed by atoms with Crippen molar-refractivity contribution in [2.24, 2.45) is 0 Å². The minimum atomic E-state index is -0.256. The average Bonchev–Trinajstić information content (AvgIpc) is 2.42. The summed E-state index contributed by atoms with van der Waals surface area (Å²) in [5, 5.41) is 0. The van der Waals surface area contributed by atoms with E-state index in [1.54, 1.807) is 0 Å². The molecule has 1 aliphatic carbocycles. The van der Waals surface area contributed by atoms with Crippen molar-refractivity contribution in [3.05, 3.63) is 0 Å². The fourth-order valence-electron chi connectivity index (χ4n) is 2.48. The summed E-state index contributed by atoms with van der Waals surface area (Å²) in [4.78, 5) is 0. The molecule has 1 rings (SSSR count). The van der Waals surface area contributed by atoms with Gasteiger partial charge in [-0.05, 0) is 46.7 Å². The molecular formula is C16H36IO2P. The molecule has 4 heteroatoms. The van der Waals surface area contributed by atoms with Gasteiger partial charge in [0.05, 0.1) is 0 Å². The predicted octanol–water partition coefficient (Wildman–Crippen LogP) is 5.87. The van der Waals surface area contributed by atoms with Crippen LogP contribution < -0.4 is 0 Å². The quantitative estimate of drug-likeness (QED) is 0.323. The van der Waals surface area contributed by atoms with Crippen molar-refractivity contribution < 1.29 is 9.47 Å². The van der Waals surface area contributed by atoms with Crippen LogP contribution in [0, 0.1) is 0 Å². The Bertz CT molecular complexity index is 180. The number of hydrogen-bond donors (Lipinski definition) is 0. The second kappa shape index (κ2) is 15.0. The summed E-state index contributed by atoms with van der Waals surface area (Å²) in [6.45, 7) is 12.3. The molecule has 0 unspecified atom stereocenters. The van der Waals surface area contributed by atoms with Crippen molar-refractivity contribution in [2.45, 2.75) is 71.0 Å². The monoisotopic (exact) mass is 418 g/mol. The molecule has 0 amide bonds. The van der Waals surface area contributed by atoms with E-state index >= 15 is 0 Å². The normalized spacial score (nSPS) is 18.9. The maximum absolute atomic E-state index is 5.88. The first-order valence-corrected chi connectivity index (χ1v) is 10.6. The van der Waals surface area contributed by atoms with E-state index in [9.17, 15) is 0 Å². The van der Waals surface area contributed by atoms with Crippen LogP contribution in [0.2, 0.25) is 0 Å². The summed E-state index contributed by atoms with van der Waals surface area (Å²) in [7, 11) is 0.380. The predicted molar refractivity (Wildman–Crippen MR) is 103 cm³/mol. The average molecular weight is 418 g/mol. The first kappa shape index (κ1) is 23.3. The molecule has 1 saturated carbocycles. The first-order chi connectivity index (χ1) is 9.06. The van der Waals surface area contributed by atoms with Crippen molar-refractivity contribution in [1.29, 1.82) is 0 Å². The van der Waals surface area contributed by atoms with Gasteiger partial charge < -0.3 is 9.47 Å². The highest BCUT2D eigenvalue weighted by atomic mass is 127. The zero-order chi connectivity index (χ0) is 14.6. The maximum atomic E-state index is 5.88. The van der Waals surface area contributed by atoms with Crippen molar-refractivity contribution in [2.75, 3.05) is 33.2 Å². The van der Waals surface area contributed by atoms with Gasteiger partial charge in [0.25, 0.3) is 0 Å². The van der Waals surface area contributed by atoms with Gasteiger partial charge in [-0.25, -0.2) is 0 Å². The van der Waals surface area contributed by atoms with Gasteiger partial charge in [0.1, 0.15) is 0 Å². The van der Waals surface area contributed by atoms with Gasteiger partial charge >= 0.3 is 0 Å². The molecule has 0 aromatic heterocycles. The lowest BCUT2D eigenvalue weighted by atomic mass is 10.0. The van der Waals surface area contributed by atoms with Gasteiger partial charge in [-0.3, -0.25) is 0 Å². The van der Waals surface area contributed by atoms with Crippen LogP contribution in [0.3, 0.4) is 0 Å². The summed E-state index contributed by atoms with van der Waals surface area (Å²) in [5.74, 6) is -0.256. The van der Waals surface area contributed by atoms with Gasteiger partial charge in [0.15, 0.2) is 5.79 Å². The third-order valence-electron chi connectivity index (χ3n) is 3.18. The Morgan fingerprint density at radius 3 is 1.35 bits per heavy atom. The van der Waals surface area contributed by atoms with Crippen LogP contribution in [0.1, 0.15) is 65.2 Å². The van der Waals surface area contributed by atoms with Gasteiger partial charge in [-0.2, -0.15) is 0 Å². The largest absolute Gasteiger partial charge is 0.350 e. The number of hydrogen-bond acceptors (Lipinski definition) is 2. The third kappa shape index (κ3) is 12.8. The molecule has 0 heterocycles. The lowest BCUT2D eigenvalue weighted by Gasteiger charge is -2.33. The zero-order valence-electron chi connectivity index (χ0n) is 14.2. The van der Waals surface area contributed by atoms with Crippen molar-refractivity contribution >= 4 is 31.9 Å². The second-order valence-electron chi connectivity index (χ2n) is 5.74. The highest BCUT2D eigenvalue weighted by molar-refractivity contribution is 14.0. The van der Waals surface area contributed by atoms with Crippen molar-refractivity contribution in [3.63, 3.8) is 0 Å². The minimum absolute atomic E-state index is 0. The van der Waals surface area contributed by atoms with E-state index in [0.717, 1.165) is 26.1 Å². The van der Waals surface area contributed by atoms with Gasteiger partial charge in [0, 0.05) is 26.1 Å². The summed E-state index contributed by atoms with van der Waals surface area (Å²) in [6.07, 6.45) is 10.1. The highest BCUT2D eigenvalue weighted by Crippen LogP contribution is 2.30. The van der Waals surface area contributed by atoms with E-state index in [-0.39, 0.29) is 29.8 Å². The SMILES string of the molecule is CCOC1(OCC)CCCCCCCC1.CP(C)C.I. The molecule has 0 aromatic rings. The van der Waals surface area contributed by atoms with Gasteiger partial charge in [-0.1, -0.05) is 25.7 Å². The van der Waals surface area contributed by atoms with Gasteiger partial charge in [0.2, 0.25) is 0 Å². The third-order valence-corrected chi connectivity index (χ3v) is 3.18. The lowest BCUT2D eigenvalue weighted by molar-refractivity contribution is -0.241. The number of rotatable bonds is 4. The van der Waals surface area contributed by atoms with E-state index in [2.05, 4.69) is 33.8 Å². The molecule has 0 radical (unpaired) electrons. The molecule has 0 saturated heterocycles. The van der Waals surface area contributed by atoms with Crippen LogP contribution in [0.5, 0.6) is 0 Å². The van der Waals surface area contributed by atoms with E-state index in [1.165, 1.54) is 38.5 Å². The molecule has 0 N–H and O–H groups in total. The number of ether oxygens (including phenoxy) is 2. The molecule has 1 fully saturated rings. The van der Waals surface area contributed by atoms with Crippen LogP contribution in [0.4, 0.5) is 0 Å². The topological polar surface area (TPSA) is 18.5 Å². The van der Waals surface area contributed by atoms with Crippen molar-refractivity contribution in [3.8, 4) is 0 Å². The Hall–Kier alpha value is 1.08. The molecule has 0 aromatic carbocycles. The maximum Gasteiger partial charge on any atom is 0.168 e. The van der Waals surface area contributed by atoms with Crippen LogP contribution >= 0.6 is 31.9 Å². The second-order valence-corrected chi connectivity index (χ2v) is 8.42. The first-order valence-electron chi connectivity index (χ1n) is 7.95. The van der Waals surface area contributed by atoms with Crippen LogP contribution in [0.25, 0.3) is 0 Å². The highest BCUT2D eigenvalue weighted by Gasteiger charge is 2.30. The Morgan fingerprint density at radius 1 is 0.750 bits per heavy atom. The van der Waals surface area contributed by atoms with Crippen molar-refractivity contribution in [1.82, 2.24) is 0 Å². The zero-order valence-corrected chi connectivity index (χ0v) is 17.5. The Balaban J connectivity index is 0. The van der Waals surface area contributed by atoms with E-state index < -0.39 is 0 Å².